The highest BCUT2D eigenvalue weighted by molar-refractivity contribution is 6.30. The van der Waals surface area contributed by atoms with Gasteiger partial charge < -0.3 is 19.7 Å². The van der Waals surface area contributed by atoms with Crippen molar-refractivity contribution >= 4 is 40.6 Å². The van der Waals surface area contributed by atoms with Crippen molar-refractivity contribution in [2.45, 2.75) is 45.1 Å². The SMILES string of the molecule is COC(=O)Cc1ccc2c(c1)NC(=O)[C@H](C)CCC[C@H](N1CCC(c3nccc(Cl)c3F)=CC1=O)c1cc-2cc(OC)n1. The van der Waals surface area contributed by atoms with Gasteiger partial charge in [0, 0.05) is 42.1 Å². The van der Waals surface area contributed by atoms with Crippen LogP contribution in [0.15, 0.2) is 48.7 Å². The largest absolute Gasteiger partial charge is 0.481 e. The lowest BCUT2D eigenvalue weighted by atomic mass is 9.93. The number of carbonyl (C=O) groups excluding carboxylic acids is 3. The molecule has 2 bridgehead atoms. The first-order valence-electron chi connectivity index (χ1n) is 14.1. The van der Waals surface area contributed by atoms with Gasteiger partial charge in [0.25, 0.3) is 0 Å². The lowest BCUT2D eigenvalue weighted by molar-refractivity contribution is -0.139. The summed E-state index contributed by atoms with van der Waals surface area (Å²) in [5, 5.41) is 2.99. The summed E-state index contributed by atoms with van der Waals surface area (Å²) < 4.78 is 25.1. The minimum atomic E-state index is -0.651. The predicted molar refractivity (Wildman–Crippen MR) is 160 cm³/mol. The fraction of sp³-hybridized carbons (Fsp3) is 0.344. The number of fused-ring (bicyclic) bond motifs is 4. The second kappa shape index (κ2) is 12.9. The summed E-state index contributed by atoms with van der Waals surface area (Å²) in [5.41, 5.74) is 3.87. The van der Waals surface area contributed by atoms with E-state index in [0.29, 0.717) is 66.2 Å². The molecule has 0 fully saturated rings. The van der Waals surface area contributed by atoms with Crippen LogP contribution in [0.1, 0.15) is 55.6 Å². The maximum absolute atomic E-state index is 14.7. The Morgan fingerprint density at radius 2 is 1.98 bits per heavy atom. The Labute approximate surface area is 254 Å². The third kappa shape index (κ3) is 6.54. The third-order valence-electron chi connectivity index (χ3n) is 7.89. The molecule has 2 aliphatic heterocycles. The van der Waals surface area contributed by atoms with Crippen LogP contribution in [0, 0.1) is 11.7 Å². The normalized spacial score (nSPS) is 18.9. The van der Waals surface area contributed by atoms with Crippen LogP contribution >= 0.6 is 11.6 Å². The molecule has 9 nitrogen and oxygen atoms in total. The number of carbonyl (C=O) groups is 3. The molecule has 43 heavy (non-hydrogen) atoms. The molecule has 0 saturated carbocycles. The highest BCUT2D eigenvalue weighted by Gasteiger charge is 2.31. The van der Waals surface area contributed by atoms with Gasteiger partial charge in [-0.1, -0.05) is 37.1 Å². The van der Waals surface area contributed by atoms with Gasteiger partial charge in [-0.25, -0.2) is 9.37 Å². The highest BCUT2D eigenvalue weighted by atomic mass is 35.5. The number of benzene rings is 1. The van der Waals surface area contributed by atoms with E-state index in [9.17, 15) is 18.8 Å². The summed E-state index contributed by atoms with van der Waals surface area (Å²) in [6, 6.07) is 10.0. The molecule has 2 amide bonds. The van der Waals surface area contributed by atoms with E-state index in [1.807, 2.05) is 25.1 Å². The van der Waals surface area contributed by atoms with Crippen LogP contribution in [-0.4, -0.2) is 53.4 Å². The molecule has 3 aromatic rings. The Hall–Kier alpha value is -4.31. The van der Waals surface area contributed by atoms with Crippen molar-refractivity contribution in [3.05, 3.63) is 76.5 Å². The van der Waals surface area contributed by atoms with Crippen LogP contribution in [0.3, 0.4) is 0 Å². The number of aromatic nitrogens is 2. The number of hydrogen-bond acceptors (Lipinski definition) is 7. The Morgan fingerprint density at radius 3 is 2.72 bits per heavy atom. The molecule has 11 heteroatoms. The number of esters is 1. The van der Waals surface area contributed by atoms with Gasteiger partial charge in [-0.05, 0) is 54.2 Å². The molecule has 0 spiro atoms. The molecule has 224 valence electrons. The van der Waals surface area contributed by atoms with Gasteiger partial charge in [-0.2, -0.15) is 0 Å². The van der Waals surface area contributed by atoms with Crippen LogP contribution < -0.4 is 10.1 Å². The molecular formula is C32H32ClFN4O5. The van der Waals surface area contributed by atoms with Crippen LogP contribution in [-0.2, 0) is 25.5 Å². The molecule has 2 aromatic heterocycles. The van der Waals surface area contributed by atoms with Crippen molar-refractivity contribution in [3.8, 4) is 17.0 Å². The second-order valence-electron chi connectivity index (χ2n) is 10.7. The number of ether oxygens (including phenoxy) is 2. The lowest BCUT2D eigenvalue weighted by Crippen LogP contribution is -2.38. The first kappa shape index (κ1) is 30.2. The highest BCUT2D eigenvalue weighted by Crippen LogP contribution is 2.38. The van der Waals surface area contributed by atoms with Crippen molar-refractivity contribution in [1.29, 1.82) is 0 Å². The summed E-state index contributed by atoms with van der Waals surface area (Å²) in [5.74, 6) is -1.43. The summed E-state index contributed by atoms with van der Waals surface area (Å²) in [6.07, 6.45) is 5.06. The average Bonchev–Trinajstić information content (AvgIpc) is 3.00. The van der Waals surface area contributed by atoms with Crippen molar-refractivity contribution in [3.63, 3.8) is 0 Å². The molecule has 2 aliphatic rings. The Morgan fingerprint density at radius 1 is 1.16 bits per heavy atom. The molecule has 0 saturated heterocycles. The quantitative estimate of drug-likeness (QED) is 0.367. The van der Waals surface area contributed by atoms with E-state index >= 15 is 0 Å². The number of anilines is 1. The minimum absolute atomic E-state index is 0.0518. The van der Waals surface area contributed by atoms with E-state index in [-0.39, 0.29) is 40.8 Å². The summed E-state index contributed by atoms with van der Waals surface area (Å²) >= 11 is 5.96. The fourth-order valence-corrected chi connectivity index (χ4v) is 5.66. The number of halogens is 2. The lowest BCUT2D eigenvalue weighted by Gasteiger charge is -2.34. The number of methoxy groups -OCH3 is 2. The van der Waals surface area contributed by atoms with Crippen LogP contribution in [0.5, 0.6) is 5.88 Å². The number of rotatable bonds is 5. The Bertz CT molecular complexity index is 1610. The first-order valence-corrected chi connectivity index (χ1v) is 14.4. The van der Waals surface area contributed by atoms with E-state index in [4.69, 9.17) is 26.1 Å². The van der Waals surface area contributed by atoms with Gasteiger partial charge in [0.15, 0.2) is 5.82 Å². The van der Waals surface area contributed by atoms with Crippen LogP contribution in [0.25, 0.3) is 16.7 Å². The van der Waals surface area contributed by atoms with Crippen molar-refractivity contribution < 1.29 is 28.2 Å². The van der Waals surface area contributed by atoms with Crippen molar-refractivity contribution in [2.24, 2.45) is 5.92 Å². The van der Waals surface area contributed by atoms with Crippen LogP contribution in [0.4, 0.5) is 10.1 Å². The topological polar surface area (TPSA) is 111 Å². The zero-order valence-electron chi connectivity index (χ0n) is 24.2. The second-order valence-corrected chi connectivity index (χ2v) is 11.1. The smallest absolute Gasteiger partial charge is 0.309 e. The number of nitrogens with one attached hydrogen (secondary N) is 1. The van der Waals surface area contributed by atoms with Crippen molar-refractivity contribution in [1.82, 2.24) is 14.9 Å². The van der Waals surface area contributed by atoms with Crippen LogP contribution in [0.2, 0.25) is 5.02 Å². The maximum atomic E-state index is 14.7. The molecule has 1 N–H and O–H groups in total. The van der Waals surface area contributed by atoms with Gasteiger partial charge >= 0.3 is 5.97 Å². The van der Waals surface area contributed by atoms with E-state index in [0.717, 1.165) is 5.56 Å². The minimum Gasteiger partial charge on any atom is -0.481 e. The molecular weight excluding hydrogens is 575 g/mol. The molecule has 0 aliphatic carbocycles. The number of nitrogens with zero attached hydrogens (tertiary/aromatic N) is 3. The molecule has 0 radical (unpaired) electrons. The van der Waals surface area contributed by atoms with E-state index in [2.05, 4.69) is 10.3 Å². The standard InChI is InChI=1S/C32H32ClFN4O5/c1-18-5-4-6-26(38-12-10-20(17-28(38)39)31-30(34)23(33)9-11-35-31)25-15-21(16-27(36-25)42-2)22-8-7-19(14-29(40)43-3)13-24(22)37-32(18)41/h7-9,11,13,15-18,26H,4-6,10,12,14H2,1-3H3,(H,37,41)/t18-,26+/m1/s1. The number of hydrogen-bond donors (Lipinski definition) is 1. The van der Waals surface area contributed by atoms with Gasteiger partial charge in [0.05, 0.1) is 37.4 Å². The monoisotopic (exact) mass is 606 g/mol. The third-order valence-corrected chi connectivity index (χ3v) is 8.18. The summed E-state index contributed by atoms with van der Waals surface area (Å²) in [7, 11) is 2.85. The van der Waals surface area contributed by atoms with Gasteiger partial charge in [-0.15, -0.1) is 0 Å². The zero-order valence-corrected chi connectivity index (χ0v) is 24.9. The predicted octanol–water partition coefficient (Wildman–Crippen LogP) is 5.78. The van der Waals surface area contributed by atoms with Crippen molar-refractivity contribution in [2.75, 3.05) is 26.1 Å². The number of amides is 2. The fourth-order valence-electron chi connectivity index (χ4n) is 5.52. The zero-order chi connectivity index (χ0) is 30.7. The number of pyridine rings is 2. The average molecular weight is 607 g/mol. The van der Waals surface area contributed by atoms with E-state index < -0.39 is 11.9 Å². The van der Waals surface area contributed by atoms with Gasteiger partial charge in [0.2, 0.25) is 17.7 Å². The first-order chi connectivity index (χ1) is 20.7. The molecule has 4 heterocycles. The van der Waals surface area contributed by atoms with E-state index in [1.54, 1.807) is 17.0 Å². The Kier molecular flexibility index (Phi) is 9.05. The maximum Gasteiger partial charge on any atom is 0.309 e. The summed E-state index contributed by atoms with van der Waals surface area (Å²) in [6.45, 7) is 2.18. The molecule has 2 atom stereocenters. The summed E-state index contributed by atoms with van der Waals surface area (Å²) in [4.78, 5) is 49.3. The Balaban J connectivity index is 1.57. The molecule has 0 unspecified atom stereocenters. The van der Waals surface area contributed by atoms with Gasteiger partial charge in [-0.3, -0.25) is 19.4 Å². The molecule has 1 aromatic carbocycles. The van der Waals surface area contributed by atoms with E-state index in [1.165, 1.54) is 32.6 Å². The molecule has 5 rings (SSSR count). The van der Waals surface area contributed by atoms with Gasteiger partial charge in [0.1, 0.15) is 5.69 Å².